The first-order chi connectivity index (χ1) is 6.77. The Labute approximate surface area is 95.9 Å². The van der Waals surface area contributed by atoms with Crippen molar-refractivity contribution >= 4 is 15.9 Å². The first-order valence-electron chi connectivity index (χ1n) is 5.55. The Balaban J connectivity index is 2.57. The second kappa shape index (κ2) is 6.23. The van der Waals surface area contributed by atoms with Gasteiger partial charge in [0.2, 0.25) is 0 Å². The van der Waals surface area contributed by atoms with Crippen molar-refractivity contribution in [1.82, 2.24) is 0 Å². The molecular weight excluding hydrogens is 236 g/mol. The molecule has 0 aliphatic carbocycles. The summed E-state index contributed by atoms with van der Waals surface area (Å²) in [6.45, 7) is 4.44. The number of hydrogen-bond acceptors (Lipinski definition) is 0. The number of aryl methyl sites for hydroxylation is 2. The number of hydrogen-bond donors (Lipinski definition) is 0. The van der Waals surface area contributed by atoms with Crippen LogP contribution in [0.25, 0.3) is 0 Å². The van der Waals surface area contributed by atoms with E-state index in [0.717, 1.165) is 6.42 Å². The van der Waals surface area contributed by atoms with E-state index in [1.807, 2.05) is 0 Å². The molecule has 0 atom stereocenters. The summed E-state index contributed by atoms with van der Waals surface area (Å²) in [7, 11) is 0. The molecule has 1 aromatic rings. The smallest absolute Gasteiger partial charge is 0.0209 e. The average Bonchev–Trinajstić information content (AvgIpc) is 2.18. The Morgan fingerprint density at radius 3 is 2.50 bits per heavy atom. The summed E-state index contributed by atoms with van der Waals surface area (Å²) in [5.41, 5.74) is 2.87. The highest BCUT2D eigenvalue weighted by Gasteiger charge is 1.99. The van der Waals surface area contributed by atoms with Gasteiger partial charge in [0.1, 0.15) is 0 Å². The molecule has 1 aromatic carbocycles. The van der Waals surface area contributed by atoms with Gasteiger partial charge in [-0.25, -0.2) is 0 Å². The van der Waals surface area contributed by atoms with Gasteiger partial charge < -0.3 is 0 Å². The fourth-order valence-electron chi connectivity index (χ4n) is 1.61. The second-order valence-corrected chi connectivity index (χ2v) is 4.59. The molecule has 0 saturated carbocycles. The van der Waals surface area contributed by atoms with Crippen LogP contribution in [0.1, 0.15) is 44.2 Å². The van der Waals surface area contributed by atoms with Gasteiger partial charge in [0, 0.05) is 4.47 Å². The molecule has 0 aliphatic rings. The number of halogens is 1. The van der Waals surface area contributed by atoms with E-state index in [1.54, 1.807) is 0 Å². The van der Waals surface area contributed by atoms with Crippen molar-refractivity contribution in [3.05, 3.63) is 33.8 Å². The number of rotatable bonds is 5. The molecule has 0 N–H and O–H groups in total. The highest BCUT2D eigenvalue weighted by Crippen LogP contribution is 2.20. The van der Waals surface area contributed by atoms with Gasteiger partial charge in [0.05, 0.1) is 0 Å². The lowest BCUT2D eigenvalue weighted by molar-refractivity contribution is 0.717. The maximum Gasteiger partial charge on any atom is 0.0209 e. The second-order valence-electron chi connectivity index (χ2n) is 3.74. The van der Waals surface area contributed by atoms with E-state index in [1.165, 1.54) is 41.3 Å². The molecule has 0 aromatic heterocycles. The monoisotopic (exact) mass is 254 g/mol. The van der Waals surface area contributed by atoms with E-state index < -0.39 is 0 Å². The van der Waals surface area contributed by atoms with Crippen LogP contribution in [0, 0.1) is 0 Å². The lowest BCUT2D eigenvalue weighted by Gasteiger charge is -2.05. The van der Waals surface area contributed by atoms with Crippen molar-refractivity contribution in [3.8, 4) is 0 Å². The zero-order chi connectivity index (χ0) is 10.4. The molecule has 1 heteroatoms. The molecule has 0 radical (unpaired) electrons. The average molecular weight is 255 g/mol. The Morgan fingerprint density at radius 1 is 1.14 bits per heavy atom. The third-order valence-corrected chi connectivity index (χ3v) is 3.31. The van der Waals surface area contributed by atoms with Crippen molar-refractivity contribution < 1.29 is 0 Å². The van der Waals surface area contributed by atoms with Gasteiger partial charge in [-0.05, 0) is 36.5 Å². The molecule has 0 spiro atoms. The van der Waals surface area contributed by atoms with Crippen LogP contribution >= 0.6 is 15.9 Å². The molecule has 0 bridgehead atoms. The Hall–Kier alpha value is -0.300. The normalized spacial score (nSPS) is 10.5. The summed E-state index contributed by atoms with van der Waals surface area (Å²) in [6.07, 6.45) is 6.28. The summed E-state index contributed by atoms with van der Waals surface area (Å²) in [4.78, 5) is 0. The molecule has 78 valence electrons. The van der Waals surface area contributed by atoms with Crippen LogP contribution in [0.3, 0.4) is 0 Å². The van der Waals surface area contributed by atoms with E-state index in [9.17, 15) is 0 Å². The fraction of sp³-hybridized carbons (Fsp3) is 0.538. The summed E-state index contributed by atoms with van der Waals surface area (Å²) < 4.78 is 1.27. The lowest BCUT2D eigenvalue weighted by Crippen LogP contribution is -1.88. The lowest BCUT2D eigenvalue weighted by atomic mass is 10.0. The third-order valence-electron chi connectivity index (χ3n) is 2.57. The van der Waals surface area contributed by atoms with Crippen molar-refractivity contribution in [3.63, 3.8) is 0 Å². The molecule has 0 amide bonds. The van der Waals surface area contributed by atoms with Crippen molar-refractivity contribution in [1.29, 1.82) is 0 Å². The Bertz CT molecular complexity index is 279. The molecule has 0 unspecified atom stereocenters. The van der Waals surface area contributed by atoms with Crippen molar-refractivity contribution in [2.45, 2.75) is 46.0 Å². The predicted octanol–water partition coefficient (Wildman–Crippen LogP) is 4.74. The largest absolute Gasteiger partial charge is 0.0654 e. The van der Waals surface area contributed by atoms with Crippen LogP contribution in [0.4, 0.5) is 0 Å². The Morgan fingerprint density at radius 2 is 1.93 bits per heavy atom. The van der Waals surface area contributed by atoms with Gasteiger partial charge >= 0.3 is 0 Å². The zero-order valence-electron chi connectivity index (χ0n) is 9.15. The molecule has 0 nitrogen and oxygen atoms in total. The van der Waals surface area contributed by atoms with E-state index in [4.69, 9.17) is 0 Å². The molecule has 0 fully saturated rings. The highest BCUT2D eigenvalue weighted by atomic mass is 79.9. The zero-order valence-corrected chi connectivity index (χ0v) is 10.7. The minimum absolute atomic E-state index is 1.11. The van der Waals surface area contributed by atoms with Gasteiger partial charge in [-0.2, -0.15) is 0 Å². The molecule has 0 heterocycles. The quantitative estimate of drug-likeness (QED) is 0.666. The molecule has 0 saturated heterocycles. The van der Waals surface area contributed by atoms with Crippen LogP contribution in [0.2, 0.25) is 0 Å². The summed E-state index contributed by atoms with van der Waals surface area (Å²) in [5, 5.41) is 0. The summed E-state index contributed by atoms with van der Waals surface area (Å²) in [5.74, 6) is 0. The van der Waals surface area contributed by atoms with Crippen LogP contribution < -0.4 is 0 Å². The molecular formula is C13H19Br. The maximum absolute atomic E-state index is 3.62. The van der Waals surface area contributed by atoms with Crippen molar-refractivity contribution in [2.75, 3.05) is 0 Å². The molecule has 14 heavy (non-hydrogen) atoms. The van der Waals surface area contributed by atoms with Gasteiger partial charge in [-0.15, -0.1) is 0 Å². The van der Waals surface area contributed by atoms with Gasteiger partial charge in [-0.1, -0.05) is 54.8 Å². The van der Waals surface area contributed by atoms with E-state index in [-0.39, 0.29) is 0 Å². The number of unbranched alkanes of at least 4 members (excludes halogenated alkanes) is 2. The predicted molar refractivity (Wildman–Crippen MR) is 66.7 cm³/mol. The first-order valence-corrected chi connectivity index (χ1v) is 6.34. The summed E-state index contributed by atoms with van der Waals surface area (Å²) >= 11 is 3.62. The van der Waals surface area contributed by atoms with Crippen LogP contribution in [-0.2, 0) is 12.8 Å². The standard InChI is InChI=1S/C13H19Br/c1-3-5-6-7-11-8-9-12(4-2)13(14)10-11/h8-10H,3-7H2,1-2H3. The first kappa shape index (κ1) is 11.8. The van der Waals surface area contributed by atoms with Gasteiger partial charge in [0.15, 0.2) is 0 Å². The maximum atomic E-state index is 3.62. The minimum atomic E-state index is 1.11. The fourth-order valence-corrected chi connectivity index (χ4v) is 2.32. The van der Waals surface area contributed by atoms with E-state index in [2.05, 4.69) is 48.0 Å². The van der Waals surface area contributed by atoms with Crippen LogP contribution in [0.15, 0.2) is 22.7 Å². The molecule has 1 rings (SSSR count). The summed E-state index contributed by atoms with van der Waals surface area (Å²) in [6, 6.07) is 6.78. The SMILES string of the molecule is CCCCCc1ccc(CC)c(Br)c1. The number of benzene rings is 1. The third kappa shape index (κ3) is 3.45. The van der Waals surface area contributed by atoms with E-state index >= 15 is 0 Å². The van der Waals surface area contributed by atoms with Gasteiger partial charge in [0.25, 0.3) is 0 Å². The topological polar surface area (TPSA) is 0 Å². The highest BCUT2D eigenvalue weighted by molar-refractivity contribution is 9.10. The van der Waals surface area contributed by atoms with E-state index in [0.29, 0.717) is 0 Å². The van der Waals surface area contributed by atoms with Crippen molar-refractivity contribution in [2.24, 2.45) is 0 Å². The minimum Gasteiger partial charge on any atom is -0.0654 e. The Kier molecular flexibility index (Phi) is 5.24. The molecule has 0 aliphatic heterocycles. The van der Waals surface area contributed by atoms with Gasteiger partial charge in [-0.3, -0.25) is 0 Å². The van der Waals surface area contributed by atoms with Crippen LogP contribution in [0.5, 0.6) is 0 Å². The van der Waals surface area contributed by atoms with Crippen LogP contribution in [-0.4, -0.2) is 0 Å².